The molecule has 2 N–H and O–H groups in total. The van der Waals surface area contributed by atoms with E-state index in [1.807, 2.05) is 5.32 Å². The highest BCUT2D eigenvalue weighted by molar-refractivity contribution is 5.85. The molecule has 20 heavy (non-hydrogen) atoms. The van der Waals surface area contributed by atoms with Crippen molar-refractivity contribution in [2.75, 3.05) is 18.5 Å². The maximum atomic E-state index is 12.1. The topological polar surface area (TPSA) is 77.0 Å². The normalized spacial score (nSPS) is 15.3. The van der Waals surface area contributed by atoms with Gasteiger partial charge in [0.2, 0.25) is 0 Å². The average molecular weight is 293 g/mol. The van der Waals surface area contributed by atoms with Crippen LogP contribution in [-0.4, -0.2) is 36.9 Å². The summed E-state index contributed by atoms with van der Waals surface area (Å²) in [4.78, 5) is 10.6. The predicted molar refractivity (Wildman–Crippen MR) is 60.0 cm³/mol. The molecule has 0 saturated carbocycles. The highest BCUT2D eigenvalue weighted by atomic mass is 19.4. The third-order valence-electron chi connectivity index (χ3n) is 2.33. The largest absolute Gasteiger partial charge is 0.573 e. The summed E-state index contributed by atoms with van der Waals surface area (Å²) in [7, 11) is 0. The minimum Gasteiger partial charge on any atom is -0.483 e. The van der Waals surface area contributed by atoms with Crippen molar-refractivity contribution in [2.24, 2.45) is 0 Å². The van der Waals surface area contributed by atoms with Crippen molar-refractivity contribution in [3.05, 3.63) is 18.2 Å². The summed E-state index contributed by atoms with van der Waals surface area (Å²) in [5, 5.41) is 10.6. The smallest absolute Gasteiger partial charge is 0.483 e. The lowest BCUT2D eigenvalue weighted by atomic mass is 10.2. The zero-order chi connectivity index (χ0) is 14.8. The van der Waals surface area contributed by atoms with Gasteiger partial charge in [-0.3, -0.25) is 5.32 Å². The Bertz CT molecular complexity index is 501. The molecule has 6 nitrogen and oxygen atoms in total. The molecule has 0 atom stereocenters. The number of hydrogen-bond acceptors (Lipinski definition) is 4. The molecule has 1 fully saturated rings. The number of benzene rings is 1. The van der Waals surface area contributed by atoms with Crippen molar-refractivity contribution < 1.29 is 37.3 Å². The van der Waals surface area contributed by atoms with E-state index in [1.165, 1.54) is 6.07 Å². The number of carbonyl (C=O) groups is 1. The Hall–Kier alpha value is -2.16. The fourth-order valence-electron chi connectivity index (χ4n) is 1.48. The number of anilines is 1. The molecular formula is C11H10F3NO5. The lowest BCUT2D eigenvalue weighted by molar-refractivity contribution is -0.274. The van der Waals surface area contributed by atoms with Crippen LogP contribution >= 0.6 is 0 Å². The number of amides is 1. The first-order valence-corrected chi connectivity index (χ1v) is 5.47. The van der Waals surface area contributed by atoms with Crippen LogP contribution in [0.3, 0.4) is 0 Å². The molecule has 9 heteroatoms. The molecule has 0 bridgehead atoms. The average Bonchev–Trinajstić information content (AvgIpc) is 2.22. The van der Waals surface area contributed by atoms with Crippen LogP contribution in [0.25, 0.3) is 0 Å². The molecule has 1 amide bonds. The monoisotopic (exact) mass is 293 g/mol. The third kappa shape index (κ3) is 3.92. The minimum atomic E-state index is -4.86. The Kier molecular flexibility index (Phi) is 3.89. The first-order valence-electron chi connectivity index (χ1n) is 5.47. The lowest BCUT2D eigenvalue weighted by Gasteiger charge is -2.27. The first kappa shape index (κ1) is 14.3. The van der Waals surface area contributed by atoms with Gasteiger partial charge in [0.25, 0.3) is 0 Å². The number of hydrogen-bond donors (Lipinski definition) is 2. The summed E-state index contributed by atoms with van der Waals surface area (Å²) in [5.41, 5.74) is -0.133. The zero-order valence-corrected chi connectivity index (χ0v) is 9.94. The van der Waals surface area contributed by atoms with E-state index in [2.05, 4.69) is 4.74 Å². The van der Waals surface area contributed by atoms with Gasteiger partial charge in [0.15, 0.2) is 0 Å². The van der Waals surface area contributed by atoms with Crippen LogP contribution in [0.5, 0.6) is 11.5 Å². The van der Waals surface area contributed by atoms with Gasteiger partial charge in [-0.1, -0.05) is 0 Å². The summed E-state index contributed by atoms with van der Waals surface area (Å²) in [6.07, 6.45) is -6.53. The number of halogens is 3. The number of carboxylic acid groups (broad SMARTS) is 1. The molecule has 0 aliphatic carbocycles. The molecule has 0 radical (unpaired) electrons. The van der Waals surface area contributed by atoms with Crippen LogP contribution in [0, 0.1) is 0 Å². The number of alkyl halides is 3. The standard InChI is InChI=1S/C11H10F3NO5/c12-11(13,14)20-6-1-2-9(19-7-4-18-5-7)8(3-6)15-10(16)17/h1-3,7,15H,4-5H2,(H,16,17). The van der Waals surface area contributed by atoms with Crippen molar-refractivity contribution in [3.63, 3.8) is 0 Å². The van der Waals surface area contributed by atoms with Gasteiger partial charge in [0, 0.05) is 6.07 Å². The highest BCUT2D eigenvalue weighted by Gasteiger charge is 2.31. The van der Waals surface area contributed by atoms with Gasteiger partial charge in [-0.2, -0.15) is 0 Å². The van der Waals surface area contributed by atoms with Crippen LogP contribution in [0.1, 0.15) is 0 Å². The van der Waals surface area contributed by atoms with Crippen LogP contribution in [0.2, 0.25) is 0 Å². The zero-order valence-electron chi connectivity index (χ0n) is 9.94. The van der Waals surface area contributed by atoms with Crippen LogP contribution < -0.4 is 14.8 Å². The quantitative estimate of drug-likeness (QED) is 0.891. The fraction of sp³-hybridized carbons (Fsp3) is 0.364. The second-order valence-electron chi connectivity index (χ2n) is 3.91. The second-order valence-corrected chi connectivity index (χ2v) is 3.91. The maximum Gasteiger partial charge on any atom is 0.573 e. The van der Waals surface area contributed by atoms with E-state index in [-0.39, 0.29) is 17.5 Å². The summed E-state index contributed by atoms with van der Waals surface area (Å²) in [6, 6.07) is 3.14. The molecule has 1 aromatic rings. The minimum absolute atomic E-state index is 0.107. The Morgan fingerprint density at radius 2 is 2.10 bits per heavy atom. The van der Waals surface area contributed by atoms with Crippen molar-refractivity contribution in [1.82, 2.24) is 0 Å². The molecule has 0 aromatic heterocycles. The van der Waals surface area contributed by atoms with Gasteiger partial charge in [0.05, 0.1) is 18.9 Å². The van der Waals surface area contributed by atoms with E-state index in [9.17, 15) is 18.0 Å². The molecular weight excluding hydrogens is 283 g/mol. The van der Waals surface area contributed by atoms with Crippen molar-refractivity contribution in [3.8, 4) is 11.5 Å². The van der Waals surface area contributed by atoms with E-state index >= 15 is 0 Å². The molecule has 2 rings (SSSR count). The molecule has 1 aromatic carbocycles. The lowest BCUT2D eigenvalue weighted by Crippen LogP contribution is -2.38. The van der Waals surface area contributed by atoms with Gasteiger partial charge in [-0.15, -0.1) is 13.2 Å². The molecule has 1 heterocycles. The number of ether oxygens (including phenoxy) is 3. The summed E-state index contributed by atoms with van der Waals surface area (Å²) < 4.78 is 50.3. The van der Waals surface area contributed by atoms with Crippen molar-refractivity contribution >= 4 is 11.8 Å². The SMILES string of the molecule is O=C(O)Nc1cc(OC(F)(F)F)ccc1OC1COC1. The predicted octanol–water partition coefficient (Wildman–Crippen LogP) is 2.45. The molecule has 0 unspecified atom stereocenters. The van der Waals surface area contributed by atoms with E-state index in [0.717, 1.165) is 12.1 Å². The maximum absolute atomic E-state index is 12.1. The van der Waals surface area contributed by atoms with Crippen molar-refractivity contribution in [1.29, 1.82) is 0 Å². The van der Waals surface area contributed by atoms with Gasteiger partial charge in [-0.25, -0.2) is 4.79 Å². The second kappa shape index (κ2) is 5.45. The third-order valence-corrected chi connectivity index (χ3v) is 2.33. The number of nitrogens with one attached hydrogen (secondary N) is 1. The number of rotatable bonds is 4. The first-order chi connectivity index (χ1) is 9.33. The Labute approximate surface area is 111 Å². The Morgan fingerprint density at radius 3 is 2.60 bits per heavy atom. The Balaban J connectivity index is 2.19. The van der Waals surface area contributed by atoms with Crippen LogP contribution in [0.4, 0.5) is 23.7 Å². The molecule has 0 spiro atoms. The van der Waals surface area contributed by atoms with Gasteiger partial charge in [0.1, 0.15) is 17.6 Å². The molecule has 110 valence electrons. The summed E-state index contributed by atoms with van der Waals surface area (Å²) in [6.45, 7) is 0.681. The van der Waals surface area contributed by atoms with Gasteiger partial charge < -0.3 is 19.3 Å². The summed E-state index contributed by atoms with van der Waals surface area (Å²) in [5.74, 6) is -0.436. The molecule has 1 aliphatic heterocycles. The molecule has 1 saturated heterocycles. The Morgan fingerprint density at radius 1 is 1.40 bits per heavy atom. The fourth-order valence-corrected chi connectivity index (χ4v) is 1.48. The van der Waals surface area contributed by atoms with Crippen LogP contribution in [-0.2, 0) is 4.74 Å². The van der Waals surface area contributed by atoms with E-state index in [1.54, 1.807) is 0 Å². The van der Waals surface area contributed by atoms with Gasteiger partial charge >= 0.3 is 12.5 Å². The summed E-state index contributed by atoms with van der Waals surface area (Å²) >= 11 is 0. The van der Waals surface area contributed by atoms with E-state index < -0.39 is 18.2 Å². The van der Waals surface area contributed by atoms with Crippen LogP contribution in [0.15, 0.2) is 18.2 Å². The molecule has 1 aliphatic rings. The van der Waals surface area contributed by atoms with Gasteiger partial charge in [-0.05, 0) is 12.1 Å². The van der Waals surface area contributed by atoms with Crippen molar-refractivity contribution in [2.45, 2.75) is 12.5 Å². The van der Waals surface area contributed by atoms with E-state index in [0.29, 0.717) is 13.2 Å². The van der Waals surface area contributed by atoms with E-state index in [4.69, 9.17) is 14.6 Å². The highest BCUT2D eigenvalue weighted by Crippen LogP contribution is 2.33.